The van der Waals surface area contributed by atoms with E-state index >= 15 is 0 Å². The van der Waals surface area contributed by atoms with E-state index in [2.05, 4.69) is 6.58 Å². The number of likely N-dealkylation sites (tertiary alicyclic amines) is 1. The summed E-state index contributed by atoms with van der Waals surface area (Å²) in [4.78, 5) is 12.7. The first-order valence-corrected chi connectivity index (χ1v) is 4.35. The molecule has 14 heavy (non-hydrogen) atoms. The van der Waals surface area contributed by atoms with Crippen molar-refractivity contribution >= 4 is 17.3 Å². The summed E-state index contributed by atoms with van der Waals surface area (Å²) in [5, 5.41) is 15.1. The van der Waals surface area contributed by atoms with Gasteiger partial charge in [-0.3, -0.25) is 10.2 Å². The van der Waals surface area contributed by atoms with Gasteiger partial charge in [-0.15, -0.1) is 0 Å². The van der Waals surface area contributed by atoms with E-state index in [9.17, 15) is 4.79 Å². The molecule has 4 nitrogen and oxygen atoms in total. The molecule has 1 aliphatic rings. The standard InChI is InChI=1S/C10H13N3O/c1-3-4-9-10(12)8(11)5-6-13(9)7(2)14/h3-4,11-12H,1,5-6H2,2H3/b9-4+,11-8?,12-10?. The van der Waals surface area contributed by atoms with Gasteiger partial charge < -0.3 is 10.3 Å². The predicted molar refractivity (Wildman–Crippen MR) is 55.7 cm³/mol. The molecule has 1 amide bonds. The number of hydrogen-bond acceptors (Lipinski definition) is 3. The second-order valence-corrected chi connectivity index (χ2v) is 3.06. The average Bonchev–Trinajstić information content (AvgIpc) is 2.13. The maximum absolute atomic E-state index is 11.2. The fraction of sp³-hybridized carbons (Fsp3) is 0.300. The number of allylic oxidation sites excluding steroid dienone is 3. The SMILES string of the molecule is C=C/C=C1\C(=N)C(=N)CCN1C(C)=O. The molecule has 2 N–H and O–H groups in total. The van der Waals surface area contributed by atoms with Gasteiger partial charge in [0.2, 0.25) is 5.91 Å². The van der Waals surface area contributed by atoms with E-state index < -0.39 is 0 Å². The zero-order valence-corrected chi connectivity index (χ0v) is 8.13. The monoisotopic (exact) mass is 191 g/mol. The Kier molecular flexibility index (Phi) is 2.96. The van der Waals surface area contributed by atoms with Crippen molar-refractivity contribution < 1.29 is 4.79 Å². The number of rotatable bonds is 1. The highest BCUT2D eigenvalue weighted by Crippen LogP contribution is 2.15. The van der Waals surface area contributed by atoms with Crippen LogP contribution < -0.4 is 0 Å². The summed E-state index contributed by atoms with van der Waals surface area (Å²) in [6.45, 7) is 5.47. The van der Waals surface area contributed by atoms with Gasteiger partial charge in [0.05, 0.1) is 17.1 Å². The van der Waals surface area contributed by atoms with Crippen LogP contribution in [0.4, 0.5) is 0 Å². The number of nitrogens with one attached hydrogen (secondary N) is 2. The second-order valence-electron chi connectivity index (χ2n) is 3.06. The first kappa shape index (κ1) is 10.4. The minimum Gasteiger partial charge on any atom is -0.310 e. The van der Waals surface area contributed by atoms with Crippen molar-refractivity contribution in [1.82, 2.24) is 4.90 Å². The quantitative estimate of drug-likeness (QED) is 0.645. The molecule has 1 fully saturated rings. The van der Waals surface area contributed by atoms with Crippen LogP contribution in [0.5, 0.6) is 0 Å². The average molecular weight is 191 g/mol. The van der Waals surface area contributed by atoms with E-state index in [0.717, 1.165) is 0 Å². The van der Waals surface area contributed by atoms with E-state index in [1.54, 1.807) is 6.08 Å². The molecule has 0 bridgehead atoms. The number of carbonyl (C=O) groups is 1. The molecule has 4 heteroatoms. The van der Waals surface area contributed by atoms with E-state index in [-0.39, 0.29) is 17.3 Å². The first-order chi connectivity index (χ1) is 6.57. The topological polar surface area (TPSA) is 68.0 Å². The lowest BCUT2D eigenvalue weighted by molar-refractivity contribution is -0.126. The molecular formula is C10H13N3O. The third-order valence-electron chi connectivity index (χ3n) is 2.09. The number of carbonyl (C=O) groups excluding carboxylic acids is 1. The van der Waals surface area contributed by atoms with Crippen LogP contribution in [0.25, 0.3) is 0 Å². The van der Waals surface area contributed by atoms with Crippen molar-refractivity contribution in [1.29, 1.82) is 10.8 Å². The Morgan fingerprint density at radius 2 is 2.21 bits per heavy atom. The maximum Gasteiger partial charge on any atom is 0.223 e. The second kappa shape index (κ2) is 4.00. The van der Waals surface area contributed by atoms with Crippen LogP contribution in [0.1, 0.15) is 13.3 Å². The number of amides is 1. The summed E-state index contributed by atoms with van der Waals surface area (Å²) in [7, 11) is 0. The Morgan fingerprint density at radius 1 is 1.57 bits per heavy atom. The van der Waals surface area contributed by atoms with E-state index in [0.29, 0.717) is 18.7 Å². The molecule has 0 aromatic heterocycles. The zero-order valence-electron chi connectivity index (χ0n) is 8.13. The van der Waals surface area contributed by atoms with E-state index in [1.165, 1.54) is 17.9 Å². The summed E-state index contributed by atoms with van der Waals surface area (Å²) in [5.41, 5.74) is 0.866. The van der Waals surface area contributed by atoms with Crippen LogP contribution in [0.15, 0.2) is 24.4 Å². The van der Waals surface area contributed by atoms with Gasteiger partial charge in [0.1, 0.15) is 0 Å². The van der Waals surface area contributed by atoms with E-state index in [4.69, 9.17) is 10.8 Å². The van der Waals surface area contributed by atoms with Crippen LogP contribution in [-0.2, 0) is 4.79 Å². The van der Waals surface area contributed by atoms with Gasteiger partial charge in [-0.05, 0) is 6.08 Å². The molecule has 0 atom stereocenters. The molecule has 0 aromatic rings. The molecule has 1 rings (SSSR count). The molecular weight excluding hydrogens is 178 g/mol. The van der Waals surface area contributed by atoms with Gasteiger partial charge in [-0.2, -0.15) is 0 Å². The molecule has 0 saturated carbocycles. The molecule has 0 aliphatic carbocycles. The third kappa shape index (κ3) is 1.79. The summed E-state index contributed by atoms with van der Waals surface area (Å²) in [6, 6.07) is 0. The Hall–Kier alpha value is -1.71. The summed E-state index contributed by atoms with van der Waals surface area (Å²) in [5.74, 6) is -0.102. The van der Waals surface area contributed by atoms with Crippen molar-refractivity contribution in [2.45, 2.75) is 13.3 Å². The van der Waals surface area contributed by atoms with E-state index in [1.807, 2.05) is 0 Å². The van der Waals surface area contributed by atoms with Gasteiger partial charge in [0.15, 0.2) is 0 Å². The van der Waals surface area contributed by atoms with Crippen LogP contribution in [-0.4, -0.2) is 28.8 Å². The maximum atomic E-state index is 11.2. The Bertz CT molecular complexity index is 341. The Morgan fingerprint density at radius 3 is 2.71 bits per heavy atom. The molecule has 1 aliphatic heterocycles. The van der Waals surface area contributed by atoms with Gasteiger partial charge in [-0.25, -0.2) is 0 Å². The molecule has 74 valence electrons. The summed E-state index contributed by atoms with van der Waals surface area (Å²) < 4.78 is 0. The largest absolute Gasteiger partial charge is 0.310 e. The lowest BCUT2D eigenvalue weighted by Gasteiger charge is -2.29. The lowest BCUT2D eigenvalue weighted by atomic mass is 10.0. The van der Waals surface area contributed by atoms with Crippen molar-refractivity contribution in [3.05, 3.63) is 24.4 Å². The lowest BCUT2D eigenvalue weighted by Crippen LogP contribution is -2.41. The summed E-state index contributed by atoms with van der Waals surface area (Å²) >= 11 is 0. The van der Waals surface area contributed by atoms with Crippen LogP contribution >= 0.6 is 0 Å². The fourth-order valence-corrected chi connectivity index (χ4v) is 1.37. The highest BCUT2D eigenvalue weighted by molar-refractivity contribution is 6.47. The molecule has 0 aromatic carbocycles. The Balaban J connectivity index is 3.05. The Labute approximate surface area is 82.9 Å². The fourth-order valence-electron chi connectivity index (χ4n) is 1.37. The van der Waals surface area contributed by atoms with Crippen molar-refractivity contribution in [3.63, 3.8) is 0 Å². The van der Waals surface area contributed by atoms with Crippen molar-refractivity contribution in [2.24, 2.45) is 0 Å². The highest BCUT2D eigenvalue weighted by atomic mass is 16.2. The van der Waals surface area contributed by atoms with Crippen LogP contribution in [0.3, 0.4) is 0 Å². The van der Waals surface area contributed by atoms with Crippen LogP contribution in [0, 0.1) is 10.8 Å². The molecule has 1 saturated heterocycles. The smallest absolute Gasteiger partial charge is 0.223 e. The minimum absolute atomic E-state index is 0.102. The predicted octanol–water partition coefficient (Wildman–Crippen LogP) is 1.35. The molecule has 0 radical (unpaired) electrons. The van der Waals surface area contributed by atoms with Gasteiger partial charge in [-0.1, -0.05) is 12.7 Å². The van der Waals surface area contributed by atoms with Crippen molar-refractivity contribution in [3.8, 4) is 0 Å². The number of hydrogen-bond donors (Lipinski definition) is 2. The molecule has 0 spiro atoms. The van der Waals surface area contributed by atoms with Gasteiger partial charge >= 0.3 is 0 Å². The number of piperidine rings is 1. The van der Waals surface area contributed by atoms with Gasteiger partial charge in [0.25, 0.3) is 0 Å². The van der Waals surface area contributed by atoms with Crippen LogP contribution in [0.2, 0.25) is 0 Å². The molecule has 0 unspecified atom stereocenters. The van der Waals surface area contributed by atoms with Crippen molar-refractivity contribution in [2.75, 3.05) is 6.54 Å². The number of nitrogens with zero attached hydrogens (tertiary/aromatic N) is 1. The summed E-state index contributed by atoms with van der Waals surface area (Å²) in [6.07, 6.45) is 3.57. The normalized spacial score (nSPS) is 20.1. The highest BCUT2D eigenvalue weighted by Gasteiger charge is 2.25. The first-order valence-electron chi connectivity index (χ1n) is 4.35. The van der Waals surface area contributed by atoms with Gasteiger partial charge in [0, 0.05) is 19.9 Å². The minimum atomic E-state index is -0.102. The molecule has 1 heterocycles. The third-order valence-corrected chi connectivity index (χ3v) is 2.09. The zero-order chi connectivity index (χ0) is 10.7.